The molecular weight excluding hydrogens is 338 g/mol. The van der Waals surface area contributed by atoms with Gasteiger partial charge in [0.25, 0.3) is 0 Å². The maximum Gasteiger partial charge on any atom is 0.341 e. The number of carbonyl (C=O) groups is 1. The number of nitrogen functional groups attached to an aromatic ring is 1. The number of anilines is 1. The summed E-state index contributed by atoms with van der Waals surface area (Å²) in [6.07, 6.45) is 0. The molecule has 0 atom stereocenters. The quantitative estimate of drug-likeness (QED) is 0.672. The first-order chi connectivity index (χ1) is 10.0. The van der Waals surface area contributed by atoms with Crippen LogP contribution in [-0.2, 0) is 4.74 Å². The third kappa shape index (κ3) is 3.46. The van der Waals surface area contributed by atoms with E-state index in [-0.39, 0.29) is 5.56 Å². The monoisotopic (exact) mass is 351 g/mol. The number of hydrogen-bond acceptors (Lipinski definition) is 5. The summed E-state index contributed by atoms with van der Waals surface area (Å²) in [4.78, 5) is 11.8. The Kier molecular flexibility index (Phi) is 4.70. The van der Waals surface area contributed by atoms with Crippen molar-refractivity contribution in [3.05, 3.63) is 46.4 Å². The van der Waals surface area contributed by atoms with Gasteiger partial charge in [-0.1, -0.05) is 0 Å². The van der Waals surface area contributed by atoms with Crippen molar-refractivity contribution in [3.8, 4) is 17.2 Å². The van der Waals surface area contributed by atoms with E-state index in [4.69, 9.17) is 19.9 Å². The van der Waals surface area contributed by atoms with Gasteiger partial charge >= 0.3 is 5.97 Å². The van der Waals surface area contributed by atoms with E-state index in [0.29, 0.717) is 27.4 Å². The Morgan fingerprint density at radius 1 is 1.10 bits per heavy atom. The van der Waals surface area contributed by atoms with Gasteiger partial charge in [-0.05, 0) is 52.3 Å². The zero-order chi connectivity index (χ0) is 15.4. The van der Waals surface area contributed by atoms with Crippen LogP contribution in [0.15, 0.2) is 40.9 Å². The van der Waals surface area contributed by atoms with Crippen molar-refractivity contribution in [1.82, 2.24) is 0 Å². The van der Waals surface area contributed by atoms with Crippen molar-refractivity contribution in [2.24, 2.45) is 0 Å². The molecule has 0 aliphatic carbocycles. The lowest BCUT2D eigenvalue weighted by Gasteiger charge is -2.12. The lowest BCUT2D eigenvalue weighted by molar-refractivity contribution is 0.0598. The Morgan fingerprint density at radius 3 is 2.43 bits per heavy atom. The van der Waals surface area contributed by atoms with Gasteiger partial charge in [0.05, 0.1) is 18.7 Å². The van der Waals surface area contributed by atoms with Crippen LogP contribution in [-0.4, -0.2) is 20.2 Å². The summed E-state index contributed by atoms with van der Waals surface area (Å²) in [5.41, 5.74) is 6.41. The van der Waals surface area contributed by atoms with E-state index in [1.165, 1.54) is 13.2 Å². The number of nitrogens with two attached hydrogens (primary N) is 1. The van der Waals surface area contributed by atoms with Crippen LogP contribution in [0.4, 0.5) is 5.69 Å². The molecule has 0 aliphatic heterocycles. The molecule has 0 heterocycles. The van der Waals surface area contributed by atoms with Crippen LogP contribution in [0.5, 0.6) is 17.2 Å². The van der Waals surface area contributed by atoms with Gasteiger partial charge in [-0.15, -0.1) is 0 Å². The van der Waals surface area contributed by atoms with E-state index in [9.17, 15) is 4.79 Å². The highest BCUT2D eigenvalue weighted by Crippen LogP contribution is 2.34. The Balaban J connectivity index is 2.37. The van der Waals surface area contributed by atoms with Gasteiger partial charge in [0.1, 0.15) is 22.8 Å². The molecule has 0 saturated heterocycles. The highest BCUT2D eigenvalue weighted by atomic mass is 79.9. The summed E-state index contributed by atoms with van der Waals surface area (Å²) in [6.45, 7) is 0. The summed E-state index contributed by atoms with van der Waals surface area (Å²) in [5, 5.41) is 0. The number of halogens is 1. The molecule has 2 aromatic rings. The van der Waals surface area contributed by atoms with Gasteiger partial charge in [-0.25, -0.2) is 4.79 Å². The molecule has 5 nitrogen and oxygen atoms in total. The Labute approximate surface area is 130 Å². The Hall–Kier alpha value is -2.21. The number of hydrogen-bond donors (Lipinski definition) is 1. The van der Waals surface area contributed by atoms with E-state index in [0.717, 1.165) is 0 Å². The predicted octanol–water partition coefficient (Wildman–Crippen LogP) is 3.62. The van der Waals surface area contributed by atoms with E-state index in [2.05, 4.69) is 15.9 Å². The fourth-order valence-electron chi connectivity index (χ4n) is 1.72. The Morgan fingerprint density at radius 2 is 1.81 bits per heavy atom. The number of benzene rings is 2. The fourth-order valence-corrected chi connectivity index (χ4v) is 2.15. The van der Waals surface area contributed by atoms with Gasteiger partial charge in [-0.3, -0.25) is 0 Å². The minimum absolute atomic E-state index is 0.264. The second-order valence-corrected chi connectivity index (χ2v) is 5.00. The molecule has 0 spiro atoms. The van der Waals surface area contributed by atoms with Crippen LogP contribution >= 0.6 is 15.9 Å². The number of carbonyl (C=O) groups excluding carboxylic acids is 1. The van der Waals surface area contributed by atoms with Gasteiger partial charge in [0.15, 0.2) is 0 Å². The average Bonchev–Trinajstić information content (AvgIpc) is 2.49. The number of methoxy groups -OCH3 is 2. The summed E-state index contributed by atoms with van der Waals surface area (Å²) in [5.74, 6) is 1.09. The molecule has 110 valence electrons. The lowest BCUT2D eigenvalue weighted by atomic mass is 10.2. The molecule has 21 heavy (non-hydrogen) atoms. The average molecular weight is 352 g/mol. The van der Waals surface area contributed by atoms with Crippen molar-refractivity contribution < 1.29 is 19.0 Å². The first-order valence-corrected chi connectivity index (χ1v) is 6.83. The van der Waals surface area contributed by atoms with Crippen molar-refractivity contribution in [2.75, 3.05) is 20.0 Å². The number of esters is 1. The van der Waals surface area contributed by atoms with Crippen molar-refractivity contribution in [2.45, 2.75) is 0 Å². The summed E-state index contributed by atoms with van der Waals surface area (Å²) in [6, 6.07) is 10.1. The molecule has 2 rings (SSSR count). The standard InChI is InChI=1S/C15H14BrNO4/c1-19-10-4-6-14(12(16)8-10)21-13-5-3-9(17)7-11(13)15(18)20-2/h3-8H,17H2,1-2H3. The first-order valence-electron chi connectivity index (χ1n) is 6.04. The van der Waals surface area contributed by atoms with E-state index in [1.54, 1.807) is 37.4 Å². The molecule has 0 amide bonds. The molecule has 0 radical (unpaired) electrons. The maximum atomic E-state index is 11.8. The topological polar surface area (TPSA) is 70.8 Å². The number of rotatable bonds is 4. The highest BCUT2D eigenvalue weighted by molar-refractivity contribution is 9.10. The molecule has 0 bridgehead atoms. The summed E-state index contributed by atoms with van der Waals surface area (Å²) < 4.78 is 16.3. The predicted molar refractivity (Wildman–Crippen MR) is 83.0 cm³/mol. The molecular formula is C15H14BrNO4. The minimum Gasteiger partial charge on any atom is -0.497 e. The lowest BCUT2D eigenvalue weighted by Crippen LogP contribution is -2.05. The van der Waals surface area contributed by atoms with Crippen LogP contribution in [0.1, 0.15) is 10.4 Å². The number of ether oxygens (including phenoxy) is 3. The molecule has 2 N–H and O–H groups in total. The van der Waals surface area contributed by atoms with E-state index < -0.39 is 5.97 Å². The molecule has 0 aliphatic rings. The molecule has 6 heteroatoms. The molecule has 2 aromatic carbocycles. The van der Waals surface area contributed by atoms with Gasteiger partial charge in [0, 0.05) is 5.69 Å². The minimum atomic E-state index is -0.512. The highest BCUT2D eigenvalue weighted by Gasteiger charge is 2.15. The fraction of sp³-hybridized carbons (Fsp3) is 0.133. The second-order valence-electron chi connectivity index (χ2n) is 4.15. The normalized spacial score (nSPS) is 10.0. The molecule has 0 fully saturated rings. The third-order valence-electron chi connectivity index (χ3n) is 2.77. The zero-order valence-electron chi connectivity index (χ0n) is 11.6. The third-order valence-corrected chi connectivity index (χ3v) is 3.39. The smallest absolute Gasteiger partial charge is 0.341 e. The van der Waals surface area contributed by atoms with Gasteiger partial charge in [0.2, 0.25) is 0 Å². The van der Waals surface area contributed by atoms with Crippen molar-refractivity contribution in [1.29, 1.82) is 0 Å². The van der Waals surface area contributed by atoms with E-state index in [1.807, 2.05) is 0 Å². The summed E-state index contributed by atoms with van der Waals surface area (Å²) in [7, 11) is 2.89. The maximum absolute atomic E-state index is 11.8. The SMILES string of the molecule is COC(=O)c1cc(N)ccc1Oc1ccc(OC)cc1Br. The van der Waals surface area contributed by atoms with Crippen LogP contribution in [0, 0.1) is 0 Å². The molecule has 0 unspecified atom stereocenters. The van der Waals surface area contributed by atoms with Crippen LogP contribution < -0.4 is 15.2 Å². The van der Waals surface area contributed by atoms with Crippen molar-refractivity contribution in [3.63, 3.8) is 0 Å². The first kappa shape index (κ1) is 15.2. The van der Waals surface area contributed by atoms with Gasteiger partial charge in [-0.2, -0.15) is 0 Å². The van der Waals surface area contributed by atoms with Crippen molar-refractivity contribution >= 4 is 27.6 Å². The molecule has 0 saturated carbocycles. The van der Waals surface area contributed by atoms with Gasteiger partial charge < -0.3 is 19.9 Å². The van der Waals surface area contributed by atoms with Crippen LogP contribution in [0.2, 0.25) is 0 Å². The van der Waals surface area contributed by atoms with Crippen LogP contribution in [0.3, 0.4) is 0 Å². The van der Waals surface area contributed by atoms with E-state index >= 15 is 0 Å². The largest absolute Gasteiger partial charge is 0.497 e. The summed E-state index contributed by atoms with van der Waals surface area (Å²) >= 11 is 3.39. The molecule has 0 aromatic heterocycles. The Bertz CT molecular complexity index is 673. The second kappa shape index (κ2) is 6.49. The zero-order valence-corrected chi connectivity index (χ0v) is 13.1. The van der Waals surface area contributed by atoms with Crippen LogP contribution in [0.25, 0.3) is 0 Å².